The first-order valence-electron chi connectivity index (χ1n) is 10.0. The number of fused-ring (bicyclic) bond motifs is 3. The minimum atomic E-state index is -0.0461. The number of hydrogen-bond acceptors (Lipinski definition) is 3. The lowest BCUT2D eigenvalue weighted by molar-refractivity contribution is -0.114. The van der Waals surface area contributed by atoms with Crippen molar-refractivity contribution in [3.05, 3.63) is 65.4 Å². The first-order chi connectivity index (χ1) is 13.7. The van der Waals surface area contributed by atoms with Gasteiger partial charge in [0.25, 0.3) is 0 Å². The van der Waals surface area contributed by atoms with Gasteiger partial charge in [0.2, 0.25) is 5.91 Å². The summed E-state index contributed by atoms with van der Waals surface area (Å²) in [5.74, 6) is -0.0461. The molecule has 5 heteroatoms. The van der Waals surface area contributed by atoms with Gasteiger partial charge in [-0.15, -0.1) is 0 Å². The van der Waals surface area contributed by atoms with Gasteiger partial charge in [-0.1, -0.05) is 24.3 Å². The molecule has 1 unspecified atom stereocenters. The molecule has 1 amide bonds. The highest BCUT2D eigenvalue weighted by Gasteiger charge is 2.32. The van der Waals surface area contributed by atoms with Crippen LogP contribution in [-0.2, 0) is 11.2 Å². The average Bonchev–Trinajstić information content (AvgIpc) is 3.27. The second-order valence-corrected chi connectivity index (χ2v) is 7.73. The fourth-order valence-corrected chi connectivity index (χ4v) is 4.63. The zero-order valence-corrected chi connectivity index (χ0v) is 16.0. The number of piperidine rings is 1. The predicted molar refractivity (Wildman–Crippen MR) is 112 cm³/mol. The fourth-order valence-electron chi connectivity index (χ4n) is 4.63. The smallest absolute Gasteiger partial charge is 0.221 e. The first kappa shape index (κ1) is 17.0. The van der Waals surface area contributed by atoms with Crippen LogP contribution in [0.1, 0.15) is 49.0 Å². The molecule has 0 bridgehead atoms. The van der Waals surface area contributed by atoms with Crippen LogP contribution in [0.3, 0.4) is 0 Å². The number of carbonyl (C=O) groups excluding carboxylic acids is 1. The minimum Gasteiger partial charge on any atom is -0.363 e. The lowest BCUT2D eigenvalue weighted by Crippen LogP contribution is -2.34. The zero-order chi connectivity index (χ0) is 19.1. The molecule has 5 nitrogen and oxygen atoms in total. The molecule has 28 heavy (non-hydrogen) atoms. The average molecular weight is 372 g/mol. The lowest BCUT2D eigenvalue weighted by Gasteiger charge is -2.37. The molecule has 5 rings (SSSR count). The summed E-state index contributed by atoms with van der Waals surface area (Å²) >= 11 is 0. The van der Waals surface area contributed by atoms with Crippen LogP contribution in [0.15, 0.2) is 48.5 Å². The van der Waals surface area contributed by atoms with E-state index >= 15 is 0 Å². The summed E-state index contributed by atoms with van der Waals surface area (Å²) in [6, 6.07) is 17.1. The number of nitrogens with zero attached hydrogens (tertiary/aromatic N) is 2. The van der Waals surface area contributed by atoms with Crippen molar-refractivity contribution in [1.29, 1.82) is 0 Å². The Kier molecular flexibility index (Phi) is 4.15. The SMILES string of the molecule is CC(=O)Nc1ccc(N2CCCCC2c2n[nH]c3c2Cc2ccccc2-3)cc1. The maximum Gasteiger partial charge on any atom is 0.221 e. The number of aromatic amines is 1. The first-order valence-corrected chi connectivity index (χ1v) is 10.0. The molecule has 2 heterocycles. The highest BCUT2D eigenvalue weighted by Crippen LogP contribution is 2.42. The molecule has 0 spiro atoms. The number of amides is 1. The molecule has 3 aromatic rings. The van der Waals surface area contributed by atoms with Crippen molar-refractivity contribution >= 4 is 17.3 Å². The molecule has 2 N–H and O–H groups in total. The highest BCUT2D eigenvalue weighted by molar-refractivity contribution is 5.88. The van der Waals surface area contributed by atoms with Gasteiger partial charge in [-0.25, -0.2) is 0 Å². The molecule has 2 aliphatic rings. The molecule has 1 fully saturated rings. The maximum absolute atomic E-state index is 11.3. The molecule has 1 saturated heterocycles. The van der Waals surface area contributed by atoms with E-state index in [1.807, 2.05) is 12.1 Å². The Bertz CT molecular complexity index is 1020. The summed E-state index contributed by atoms with van der Waals surface area (Å²) in [5.41, 5.74) is 8.43. The minimum absolute atomic E-state index is 0.0461. The number of nitrogens with one attached hydrogen (secondary N) is 2. The van der Waals surface area contributed by atoms with Gasteiger partial charge in [-0.2, -0.15) is 5.10 Å². The van der Waals surface area contributed by atoms with Gasteiger partial charge >= 0.3 is 0 Å². The lowest BCUT2D eigenvalue weighted by atomic mass is 9.95. The van der Waals surface area contributed by atoms with Gasteiger partial charge < -0.3 is 10.2 Å². The monoisotopic (exact) mass is 372 g/mol. The van der Waals surface area contributed by atoms with Crippen molar-refractivity contribution < 1.29 is 4.79 Å². The Morgan fingerprint density at radius 3 is 2.79 bits per heavy atom. The Hall–Kier alpha value is -3.08. The Labute approximate surface area is 164 Å². The van der Waals surface area contributed by atoms with E-state index in [-0.39, 0.29) is 11.9 Å². The molecule has 1 aliphatic carbocycles. The molecule has 1 aromatic heterocycles. The number of hydrogen-bond donors (Lipinski definition) is 2. The number of H-pyrrole nitrogens is 1. The highest BCUT2D eigenvalue weighted by atomic mass is 16.1. The van der Waals surface area contributed by atoms with Crippen LogP contribution < -0.4 is 10.2 Å². The van der Waals surface area contributed by atoms with E-state index < -0.39 is 0 Å². The fraction of sp³-hybridized carbons (Fsp3) is 0.304. The van der Waals surface area contributed by atoms with Gasteiger partial charge in [0, 0.05) is 42.4 Å². The molecule has 1 aliphatic heterocycles. The summed E-state index contributed by atoms with van der Waals surface area (Å²) in [6.07, 6.45) is 4.49. The van der Waals surface area contributed by atoms with E-state index in [1.54, 1.807) is 0 Å². The van der Waals surface area contributed by atoms with Crippen molar-refractivity contribution in [2.75, 3.05) is 16.8 Å². The number of carbonyl (C=O) groups is 1. The number of anilines is 2. The van der Waals surface area contributed by atoms with Gasteiger partial charge in [-0.3, -0.25) is 9.89 Å². The summed E-state index contributed by atoms with van der Waals surface area (Å²) in [5, 5.41) is 10.9. The second-order valence-electron chi connectivity index (χ2n) is 7.73. The van der Waals surface area contributed by atoms with Crippen LogP contribution in [0.2, 0.25) is 0 Å². The van der Waals surface area contributed by atoms with Crippen LogP contribution in [0.5, 0.6) is 0 Å². The van der Waals surface area contributed by atoms with E-state index in [4.69, 9.17) is 5.10 Å². The standard InChI is InChI=1S/C23H24N4O/c1-15(28)24-17-9-11-18(12-10-17)27-13-5-4-8-21(27)23-20-14-16-6-2-3-7-19(16)22(20)25-26-23/h2-3,6-7,9-12,21H,4-5,8,13-14H2,1H3,(H,24,28)(H,25,26). The van der Waals surface area contributed by atoms with Gasteiger partial charge in [0.1, 0.15) is 0 Å². The summed E-state index contributed by atoms with van der Waals surface area (Å²) < 4.78 is 0. The molecular weight excluding hydrogens is 348 g/mol. The summed E-state index contributed by atoms with van der Waals surface area (Å²) in [4.78, 5) is 13.7. The summed E-state index contributed by atoms with van der Waals surface area (Å²) in [6.45, 7) is 2.56. The van der Waals surface area contributed by atoms with E-state index in [1.165, 1.54) is 53.5 Å². The van der Waals surface area contributed by atoms with E-state index in [2.05, 4.69) is 51.7 Å². The third kappa shape index (κ3) is 2.87. The number of rotatable bonds is 3. The quantitative estimate of drug-likeness (QED) is 0.549. The van der Waals surface area contributed by atoms with Gasteiger partial charge in [0.15, 0.2) is 0 Å². The van der Waals surface area contributed by atoms with Gasteiger partial charge in [-0.05, 0) is 49.1 Å². The Morgan fingerprint density at radius 2 is 1.96 bits per heavy atom. The zero-order valence-electron chi connectivity index (χ0n) is 16.0. The van der Waals surface area contributed by atoms with Crippen molar-refractivity contribution in [3.63, 3.8) is 0 Å². The normalized spacial score (nSPS) is 17.9. The molecule has 0 saturated carbocycles. The Morgan fingerprint density at radius 1 is 1.14 bits per heavy atom. The largest absolute Gasteiger partial charge is 0.363 e. The van der Waals surface area contributed by atoms with Crippen molar-refractivity contribution in [3.8, 4) is 11.3 Å². The third-order valence-electron chi connectivity index (χ3n) is 5.89. The van der Waals surface area contributed by atoms with Crippen LogP contribution in [-0.4, -0.2) is 22.6 Å². The molecule has 0 radical (unpaired) electrons. The van der Waals surface area contributed by atoms with E-state index in [9.17, 15) is 4.79 Å². The molecule has 1 atom stereocenters. The van der Waals surface area contributed by atoms with Crippen molar-refractivity contribution in [1.82, 2.24) is 10.2 Å². The van der Waals surface area contributed by atoms with Crippen LogP contribution in [0.25, 0.3) is 11.3 Å². The number of aromatic nitrogens is 2. The molecule has 2 aromatic carbocycles. The predicted octanol–water partition coefficient (Wildman–Crippen LogP) is 4.67. The van der Waals surface area contributed by atoms with Crippen molar-refractivity contribution in [2.45, 2.75) is 38.6 Å². The number of benzene rings is 2. The molecular formula is C23H24N4O. The Balaban J connectivity index is 1.46. The van der Waals surface area contributed by atoms with Gasteiger partial charge in [0.05, 0.1) is 17.4 Å². The maximum atomic E-state index is 11.3. The molecule has 142 valence electrons. The summed E-state index contributed by atoms with van der Waals surface area (Å²) in [7, 11) is 0. The topological polar surface area (TPSA) is 61.0 Å². The van der Waals surface area contributed by atoms with E-state index in [0.717, 1.165) is 25.1 Å². The van der Waals surface area contributed by atoms with Crippen LogP contribution >= 0.6 is 0 Å². The van der Waals surface area contributed by atoms with E-state index in [0.29, 0.717) is 0 Å². The van der Waals surface area contributed by atoms with Crippen molar-refractivity contribution in [2.24, 2.45) is 0 Å². The van der Waals surface area contributed by atoms with Crippen LogP contribution in [0.4, 0.5) is 11.4 Å². The second kappa shape index (κ2) is 6.82. The van der Waals surface area contributed by atoms with Crippen LogP contribution in [0, 0.1) is 0 Å². The third-order valence-corrected chi connectivity index (χ3v) is 5.89.